The topological polar surface area (TPSA) is 63.6 Å². The molecule has 0 saturated heterocycles. The van der Waals surface area contributed by atoms with Crippen molar-refractivity contribution in [2.45, 2.75) is 18.6 Å². The van der Waals surface area contributed by atoms with Crippen molar-refractivity contribution >= 4 is 16.8 Å². The van der Waals surface area contributed by atoms with E-state index in [-0.39, 0.29) is 11.7 Å². The van der Waals surface area contributed by atoms with Crippen LogP contribution < -0.4 is 0 Å². The molecule has 1 N–H and O–H groups in total. The monoisotopic (exact) mass is 194 g/mol. The molecule has 0 bridgehead atoms. The first kappa shape index (κ1) is 11.6. The summed E-state index contributed by atoms with van der Waals surface area (Å²) in [4.78, 5) is 10.2. The Labute approximate surface area is 74.4 Å². The molecule has 0 radical (unpaired) electrons. The number of carboxylic acid groups (broad SMARTS) is 1. The van der Waals surface area contributed by atoms with Crippen molar-refractivity contribution in [1.82, 2.24) is 0 Å². The van der Waals surface area contributed by atoms with Crippen molar-refractivity contribution in [3.05, 3.63) is 0 Å². The Balaban J connectivity index is 3.69. The molecule has 0 spiro atoms. The van der Waals surface area contributed by atoms with Crippen LogP contribution in [0.3, 0.4) is 0 Å². The summed E-state index contributed by atoms with van der Waals surface area (Å²) in [7, 11) is 0.436. The molecular formula is C7H14O4S. The van der Waals surface area contributed by atoms with Crippen molar-refractivity contribution in [3.8, 4) is 0 Å². The Hall–Kier alpha value is -0.420. The SMILES string of the molecule is COCCS(=O)C(C)CC(=O)O. The molecule has 2 unspecified atom stereocenters. The third-order valence-corrected chi connectivity index (χ3v) is 3.03. The minimum Gasteiger partial charge on any atom is -0.481 e. The van der Waals surface area contributed by atoms with E-state index in [1.54, 1.807) is 6.92 Å². The summed E-state index contributed by atoms with van der Waals surface area (Å²) >= 11 is 0. The van der Waals surface area contributed by atoms with Gasteiger partial charge in [-0.15, -0.1) is 0 Å². The second-order valence-electron chi connectivity index (χ2n) is 2.49. The van der Waals surface area contributed by atoms with Gasteiger partial charge >= 0.3 is 5.97 Å². The molecule has 0 aliphatic rings. The Bertz CT molecular complexity index is 169. The Morgan fingerprint density at radius 1 is 1.67 bits per heavy atom. The molecule has 72 valence electrons. The first-order valence-corrected chi connectivity index (χ1v) is 5.04. The summed E-state index contributed by atoms with van der Waals surface area (Å²) in [6.07, 6.45) is -0.0453. The number of methoxy groups -OCH3 is 1. The van der Waals surface area contributed by atoms with Crippen molar-refractivity contribution in [1.29, 1.82) is 0 Å². The van der Waals surface area contributed by atoms with Crippen LogP contribution in [0.2, 0.25) is 0 Å². The minimum atomic E-state index is -1.09. The summed E-state index contributed by atoms with van der Waals surface area (Å²) < 4.78 is 15.9. The van der Waals surface area contributed by atoms with Crippen molar-refractivity contribution in [2.75, 3.05) is 19.5 Å². The molecule has 0 amide bonds. The van der Waals surface area contributed by atoms with Crippen LogP contribution in [-0.2, 0) is 20.3 Å². The quantitative estimate of drug-likeness (QED) is 0.658. The highest BCUT2D eigenvalue weighted by atomic mass is 32.2. The van der Waals surface area contributed by atoms with E-state index in [1.807, 2.05) is 0 Å². The Morgan fingerprint density at radius 2 is 2.25 bits per heavy atom. The number of rotatable bonds is 6. The Kier molecular flexibility index (Phi) is 5.92. The molecule has 0 saturated carbocycles. The van der Waals surface area contributed by atoms with Crippen LogP contribution in [0, 0.1) is 0 Å². The van der Waals surface area contributed by atoms with Gasteiger partial charge in [0.2, 0.25) is 0 Å². The van der Waals surface area contributed by atoms with Gasteiger partial charge in [0.25, 0.3) is 0 Å². The van der Waals surface area contributed by atoms with Crippen molar-refractivity contribution < 1.29 is 18.8 Å². The van der Waals surface area contributed by atoms with Crippen molar-refractivity contribution in [3.63, 3.8) is 0 Å². The average Bonchev–Trinajstić information content (AvgIpc) is 1.98. The third-order valence-electron chi connectivity index (χ3n) is 1.40. The Morgan fingerprint density at radius 3 is 2.67 bits per heavy atom. The van der Waals surface area contributed by atoms with Gasteiger partial charge in [-0.05, 0) is 0 Å². The number of ether oxygens (including phenoxy) is 1. The molecular weight excluding hydrogens is 180 g/mol. The van der Waals surface area contributed by atoms with E-state index in [0.717, 1.165) is 0 Å². The van der Waals surface area contributed by atoms with E-state index < -0.39 is 16.8 Å². The van der Waals surface area contributed by atoms with Crippen LogP contribution in [0.5, 0.6) is 0 Å². The zero-order valence-corrected chi connectivity index (χ0v) is 8.10. The fourth-order valence-electron chi connectivity index (χ4n) is 0.706. The molecule has 0 fully saturated rings. The van der Waals surface area contributed by atoms with Crippen LogP contribution in [-0.4, -0.2) is 40.0 Å². The summed E-state index contributed by atoms with van der Waals surface area (Å²) in [6.45, 7) is 2.08. The highest BCUT2D eigenvalue weighted by Gasteiger charge is 2.13. The second kappa shape index (κ2) is 6.14. The lowest BCUT2D eigenvalue weighted by Crippen LogP contribution is -2.19. The van der Waals surface area contributed by atoms with E-state index in [2.05, 4.69) is 0 Å². The maximum absolute atomic E-state index is 11.2. The van der Waals surface area contributed by atoms with Gasteiger partial charge in [0.1, 0.15) is 0 Å². The van der Waals surface area contributed by atoms with Crippen molar-refractivity contribution in [2.24, 2.45) is 0 Å². The van der Waals surface area contributed by atoms with Crippen LogP contribution in [0.25, 0.3) is 0 Å². The molecule has 0 aromatic rings. The molecule has 0 heterocycles. The molecule has 12 heavy (non-hydrogen) atoms. The number of carbonyl (C=O) groups is 1. The number of hydrogen-bond donors (Lipinski definition) is 1. The van der Waals surface area contributed by atoms with Crippen LogP contribution in [0.15, 0.2) is 0 Å². The molecule has 2 atom stereocenters. The lowest BCUT2D eigenvalue weighted by atomic mass is 10.3. The van der Waals surface area contributed by atoms with Gasteiger partial charge in [0.15, 0.2) is 0 Å². The second-order valence-corrected chi connectivity index (χ2v) is 4.46. The third kappa shape index (κ3) is 5.26. The smallest absolute Gasteiger partial charge is 0.304 e. The normalized spacial score (nSPS) is 15.5. The van der Waals surface area contributed by atoms with Gasteiger partial charge in [-0.2, -0.15) is 0 Å². The fourth-order valence-corrected chi connectivity index (χ4v) is 1.77. The first-order valence-electron chi connectivity index (χ1n) is 3.65. The lowest BCUT2D eigenvalue weighted by molar-refractivity contribution is -0.136. The highest BCUT2D eigenvalue weighted by Crippen LogP contribution is 2.01. The van der Waals surface area contributed by atoms with Gasteiger partial charge < -0.3 is 9.84 Å². The zero-order chi connectivity index (χ0) is 9.56. The fraction of sp³-hybridized carbons (Fsp3) is 0.857. The molecule has 4 nitrogen and oxygen atoms in total. The minimum absolute atomic E-state index is 0.0453. The van der Waals surface area contributed by atoms with Crippen LogP contribution >= 0.6 is 0 Å². The van der Waals surface area contributed by atoms with Gasteiger partial charge in [0, 0.05) is 28.9 Å². The summed E-state index contributed by atoms with van der Waals surface area (Å²) in [5.74, 6) is -0.501. The van der Waals surface area contributed by atoms with Gasteiger partial charge in [-0.1, -0.05) is 6.92 Å². The van der Waals surface area contributed by atoms with E-state index in [4.69, 9.17) is 9.84 Å². The zero-order valence-electron chi connectivity index (χ0n) is 7.28. The number of carboxylic acids is 1. The van der Waals surface area contributed by atoms with E-state index in [1.165, 1.54) is 7.11 Å². The lowest BCUT2D eigenvalue weighted by Gasteiger charge is -2.07. The predicted molar refractivity (Wildman–Crippen MR) is 46.6 cm³/mol. The molecule has 0 rings (SSSR count). The number of aliphatic carboxylic acids is 1. The summed E-state index contributed by atoms with van der Waals surface area (Å²) in [5, 5.41) is 8.10. The van der Waals surface area contributed by atoms with E-state index >= 15 is 0 Å². The molecule has 0 aromatic carbocycles. The van der Waals surface area contributed by atoms with Gasteiger partial charge in [0.05, 0.1) is 13.0 Å². The molecule has 0 aromatic heterocycles. The maximum atomic E-state index is 11.2. The van der Waals surface area contributed by atoms with E-state index in [0.29, 0.717) is 12.4 Å². The first-order chi connectivity index (χ1) is 5.57. The van der Waals surface area contributed by atoms with Crippen LogP contribution in [0.4, 0.5) is 0 Å². The molecule has 0 aliphatic heterocycles. The number of hydrogen-bond acceptors (Lipinski definition) is 3. The molecule has 0 aliphatic carbocycles. The summed E-state index contributed by atoms with van der Waals surface area (Å²) in [5.41, 5.74) is 0. The maximum Gasteiger partial charge on any atom is 0.304 e. The highest BCUT2D eigenvalue weighted by molar-refractivity contribution is 7.85. The summed E-state index contributed by atoms with van der Waals surface area (Å²) in [6, 6.07) is 0. The van der Waals surface area contributed by atoms with Crippen LogP contribution in [0.1, 0.15) is 13.3 Å². The van der Waals surface area contributed by atoms with E-state index in [9.17, 15) is 9.00 Å². The standard InChI is InChI=1S/C7H14O4S/c1-6(5-7(8)9)12(10)4-3-11-2/h6H,3-5H2,1-2H3,(H,8,9). The molecule has 5 heteroatoms. The average molecular weight is 194 g/mol. The van der Waals surface area contributed by atoms with Gasteiger partial charge in [-0.3, -0.25) is 9.00 Å². The van der Waals surface area contributed by atoms with Gasteiger partial charge in [-0.25, -0.2) is 0 Å². The largest absolute Gasteiger partial charge is 0.481 e. The predicted octanol–water partition coefficient (Wildman–Crippen LogP) is 0.245.